The molecule has 1 aromatic carbocycles. The normalized spacial score (nSPS) is 9.29. The zero-order valence-corrected chi connectivity index (χ0v) is 8.39. The van der Waals surface area contributed by atoms with E-state index in [2.05, 4.69) is 0 Å². The van der Waals surface area contributed by atoms with E-state index in [-0.39, 0.29) is 21.9 Å². The van der Waals surface area contributed by atoms with Crippen LogP contribution in [0.15, 0.2) is 29.2 Å². The summed E-state index contributed by atoms with van der Waals surface area (Å²) in [5.41, 5.74) is 1.09. The summed E-state index contributed by atoms with van der Waals surface area (Å²) < 4.78 is 19.0. The van der Waals surface area contributed by atoms with Crippen LogP contribution >= 0.6 is 0 Å². The van der Waals surface area contributed by atoms with Gasteiger partial charge in [-0.1, -0.05) is 17.7 Å². The predicted octanol–water partition coefficient (Wildman–Crippen LogP) is -1.72. The van der Waals surface area contributed by atoms with Gasteiger partial charge in [-0.05, 0) is 19.1 Å². The molecule has 1 aromatic rings. The molecule has 6 nitrogen and oxygen atoms in total. The van der Waals surface area contributed by atoms with Crippen LogP contribution in [-0.4, -0.2) is 30.7 Å². The second-order valence-corrected chi connectivity index (χ2v) is 3.03. The van der Waals surface area contributed by atoms with Gasteiger partial charge in [0.1, 0.15) is 0 Å². The third-order valence-electron chi connectivity index (χ3n) is 1.22. The van der Waals surface area contributed by atoms with Crippen LogP contribution < -0.4 is 0 Å². The Labute approximate surface area is 84.1 Å². The van der Waals surface area contributed by atoms with Gasteiger partial charge in [0.05, 0.1) is 4.90 Å². The topological polar surface area (TPSA) is 163 Å². The first-order valence-corrected chi connectivity index (χ1v) is 3.98. The summed E-state index contributed by atoms with van der Waals surface area (Å²) in [6.07, 6.45) is 0. The highest BCUT2D eigenvalue weighted by atomic mass is 32.2. The van der Waals surface area contributed by atoms with E-state index < -0.39 is 11.1 Å². The summed E-state index contributed by atoms with van der Waals surface area (Å²) in [6, 6.07) is 6.91. The summed E-state index contributed by atoms with van der Waals surface area (Å²) in [4.78, 5) is 0.450. The Morgan fingerprint density at radius 1 is 1.00 bits per heavy atom. The summed E-state index contributed by atoms with van der Waals surface area (Å²) in [7, 11) is 0. The Morgan fingerprint density at radius 3 is 1.64 bits per heavy atom. The van der Waals surface area contributed by atoms with Gasteiger partial charge < -0.3 is 26.5 Å². The van der Waals surface area contributed by atoms with E-state index in [1.165, 1.54) is 0 Å². The monoisotopic (exact) mass is 228 g/mol. The van der Waals surface area contributed by atoms with Crippen molar-refractivity contribution in [3.8, 4) is 0 Å². The quantitative estimate of drug-likeness (QED) is 0.565. The van der Waals surface area contributed by atoms with E-state index >= 15 is 0 Å². The van der Waals surface area contributed by atoms with E-state index in [0.717, 1.165) is 5.56 Å². The number of aryl methyl sites for hydroxylation is 1. The Kier molecular flexibility index (Phi) is 17.0. The van der Waals surface area contributed by atoms with Crippen molar-refractivity contribution in [2.45, 2.75) is 11.8 Å². The van der Waals surface area contributed by atoms with E-state index in [0.29, 0.717) is 4.90 Å². The molecule has 0 aliphatic heterocycles. The molecule has 1 rings (SSSR count). The van der Waals surface area contributed by atoms with Crippen molar-refractivity contribution in [1.82, 2.24) is 0 Å². The van der Waals surface area contributed by atoms with Crippen LogP contribution in [0.3, 0.4) is 0 Å². The summed E-state index contributed by atoms with van der Waals surface area (Å²) in [5, 5.41) is 0. The molecule has 0 radical (unpaired) electrons. The molecule has 9 N–H and O–H groups in total. The van der Waals surface area contributed by atoms with Crippen LogP contribution in [0, 0.1) is 6.92 Å². The summed E-state index contributed by atoms with van der Waals surface area (Å²) >= 11 is -1.84. The van der Waals surface area contributed by atoms with Gasteiger partial charge in [-0.2, -0.15) is 0 Å². The van der Waals surface area contributed by atoms with Crippen LogP contribution in [0.4, 0.5) is 0 Å². The molecule has 0 bridgehead atoms. The highest BCUT2D eigenvalue weighted by molar-refractivity contribution is 7.79. The molecule has 86 valence electrons. The van der Waals surface area contributed by atoms with E-state index in [9.17, 15) is 4.21 Å². The number of hydrogen-bond acceptors (Lipinski definition) is 1. The maximum Gasteiger partial charge on any atom is 0.186 e. The highest BCUT2D eigenvalue weighted by Crippen LogP contribution is 2.05. The van der Waals surface area contributed by atoms with E-state index in [4.69, 9.17) is 4.55 Å². The zero-order chi connectivity index (χ0) is 7.56. The third-order valence-corrected chi connectivity index (χ3v) is 1.90. The van der Waals surface area contributed by atoms with Crippen molar-refractivity contribution < 1.29 is 30.7 Å². The molecule has 7 heteroatoms. The first kappa shape index (κ1) is 23.2. The number of benzene rings is 1. The van der Waals surface area contributed by atoms with Crippen LogP contribution in [0.2, 0.25) is 0 Å². The summed E-state index contributed by atoms with van der Waals surface area (Å²) in [5.74, 6) is 0. The molecule has 0 fully saturated rings. The van der Waals surface area contributed by atoms with Gasteiger partial charge in [0.25, 0.3) is 0 Å². The fraction of sp³-hybridized carbons (Fsp3) is 0.143. The lowest BCUT2D eigenvalue weighted by molar-refractivity contribution is 0.564. The second-order valence-electron chi connectivity index (χ2n) is 2.06. The van der Waals surface area contributed by atoms with Gasteiger partial charge in [0.2, 0.25) is 0 Å². The van der Waals surface area contributed by atoms with Crippen LogP contribution in [0.1, 0.15) is 5.56 Å². The predicted molar refractivity (Wildman–Crippen MR) is 54.7 cm³/mol. The maximum absolute atomic E-state index is 10.4. The van der Waals surface area contributed by atoms with Gasteiger partial charge in [-0.25, -0.2) is 4.21 Å². The van der Waals surface area contributed by atoms with Crippen molar-refractivity contribution in [3.05, 3.63) is 29.8 Å². The largest absolute Gasteiger partial charge is 0.412 e. The smallest absolute Gasteiger partial charge is 0.186 e. The fourth-order valence-electron chi connectivity index (χ4n) is 0.655. The SMILES string of the molecule is Cc1ccc(S(=O)O)cc1.O.O.O.O. The van der Waals surface area contributed by atoms with Crippen molar-refractivity contribution >= 4 is 11.1 Å². The van der Waals surface area contributed by atoms with Crippen LogP contribution in [0.5, 0.6) is 0 Å². The maximum atomic E-state index is 10.4. The molecule has 14 heavy (non-hydrogen) atoms. The molecule has 0 spiro atoms. The average Bonchev–Trinajstić information content (AvgIpc) is 1.88. The van der Waals surface area contributed by atoms with Crippen molar-refractivity contribution in [1.29, 1.82) is 0 Å². The highest BCUT2D eigenvalue weighted by Gasteiger charge is 1.95. The first-order valence-electron chi connectivity index (χ1n) is 2.87. The third kappa shape index (κ3) is 6.66. The van der Waals surface area contributed by atoms with Gasteiger partial charge in [0, 0.05) is 0 Å². The summed E-state index contributed by atoms with van der Waals surface area (Å²) in [6.45, 7) is 1.93. The van der Waals surface area contributed by atoms with Gasteiger partial charge in [0.15, 0.2) is 11.1 Å². The average molecular weight is 228 g/mol. The minimum absolute atomic E-state index is 0. The standard InChI is InChI=1S/C7H8O2S.4H2O/c1-6-2-4-7(5-3-6)10(8)9;;;;/h2-5H,1H3,(H,8,9);4*1H2. The molecule has 0 saturated carbocycles. The number of hydrogen-bond donors (Lipinski definition) is 1. The molecular formula is C7H16O6S. The Hall–Kier alpha value is -0.830. The van der Waals surface area contributed by atoms with Gasteiger partial charge in [-0.3, -0.25) is 0 Å². The Bertz CT molecular complexity index is 247. The molecule has 0 saturated heterocycles. The van der Waals surface area contributed by atoms with Crippen LogP contribution in [-0.2, 0) is 11.1 Å². The van der Waals surface area contributed by atoms with E-state index in [1.807, 2.05) is 19.1 Å². The lowest BCUT2D eigenvalue weighted by Gasteiger charge is -1.93. The van der Waals surface area contributed by atoms with Crippen LogP contribution in [0.25, 0.3) is 0 Å². The molecule has 0 aliphatic carbocycles. The lowest BCUT2D eigenvalue weighted by Crippen LogP contribution is -1.86. The van der Waals surface area contributed by atoms with E-state index in [1.54, 1.807) is 12.1 Å². The second kappa shape index (κ2) is 10.3. The molecule has 1 atom stereocenters. The molecule has 0 aromatic heterocycles. The molecule has 0 amide bonds. The number of rotatable bonds is 1. The molecule has 1 unspecified atom stereocenters. The zero-order valence-electron chi connectivity index (χ0n) is 7.57. The van der Waals surface area contributed by atoms with Crippen molar-refractivity contribution in [2.24, 2.45) is 0 Å². The first-order chi connectivity index (χ1) is 4.70. The lowest BCUT2D eigenvalue weighted by atomic mass is 10.2. The molecular weight excluding hydrogens is 212 g/mol. The van der Waals surface area contributed by atoms with Gasteiger partial charge >= 0.3 is 0 Å². The Morgan fingerprint density at radius 2 is 1.36 bits per heavy atom. The Balaban J connectivity index is -0.000000125. The molecule has 0 heterocycles. The molecule has 0 aliphatic rings. The van der Waals surface area contributed by atoms with Crippen molar-refractivity contribution in [3.63, 3.8) is 0 Å². The van der Waals surface area contributed by atoms with Gasteiger partial charge in [-0.15, -0.1) is 0 Å². The van der Waals surface area contributed by atoms with Crippen molar-refractivity contribution in [2.75, 3.05) is 0 Å². The minimum Gasteiger partial charge on any atom is -0.412 e. The minimum atomic E-state index is -1.84. The fourth-order valence-corrected chi connectivity index (χ4v) is 1.02.